The van der Waals surface area contributed by atoms with Crippen LogP contribution in [-0.4, -0.2) is 38.2 Å². The number of hydrogen-bond acceptors (Lipinski definition) is 2. The Hall–Kier alpha value is -3.33. The molecule has 0 N–H and O–H groups in total. The Morgan fingerprint density at radius 1 is 0.946 bits per heavy atom. The summed E-state index contributed by atoms with van der Waals surface area (Å²) in [5.74, 6) is -0.756. The Morgan fingerprint density at radius 3 is 2.24 bits per heavy atom. The van der Waals surface area contributed by atoms with Gasteiger partial charge in [0.1, 0.15) is 11.5 Å². The fourth-order valence-electron chi connectivity index (χ4n) is 5.50. The zero-order chi connectivity index (χ0) is 26.3. The normalized spacial score (nSPS) is 15.8. The largest absolute Gasteiger partial charge is 0.432 e. The Morgan fingerprint density at radius 2 is 1.62 bits per heavy atom. The van der Waals surface area contributed by atoms with Crippen molar-refractivity contribution >= 4 is 10.9 Å². The lowest BCUT2D eigenvalue weighted by Crippen LogP contribution is -2.37. The maximum Gasteiger partial charge on any atom is 0.432 e. The smallest absolute Gasteiger partial charge is 0.305 e. The zero-order valence-electron chi connectivity index (χ0n) is 20.9. The zero-order valence-corrected chi connectivity index (χ0v) is 20.9. The standard InChI is InChI=1S/C28H30F4N4O/c1-19(2)35-18-17-34(27(35)37)16-15-33-13-11-20(12-14-33)25-23-5-3-4-6-24(23)36(26(25)28(30,31)32)22-9-7-21(29)8-10-22/h3-10,17-20H,11-16H2,1-2H3. The first kappa shape index (κ1) is 25.3. The summed E-state index contributed by atoms with van der Waals surface area (Å²) in [6.07, 6.45) is 0.166. The SMILES string of the molecule is CC(C)n1ccn(CCN2CCC(c3c(C(F)(F)F)n(-c4ccc(F)cc4)c4ccccc34)CC2)c1=O. The number of piperidine rings is 1. The molecule has 37 heavy (non-hydrogen) atoms. The van der Waals surface area contributed by atoms with E-state index in [9.17, 15) is 22.4 Å². The minimum Gasteiger partial charge on any atom is -0.305 e. The van der Waals surface area contributed by atoms with E-state index < -0.39 is 17.7 Å². The number of benzene rings is 2. The van der Waals surface area contributed by atoms with Crippen LogP contribution in [0.25, 0.3) is 16.6 Å². The Bertz CT molecular complexity index is 1440. The summed E-state index contributed by atoms with van der Waals surface area (Å²) in [6.45, 7) is 6.42. The summed E-state index contributed by atoms with van der Waals surface area (Å²) in [5.41, 5.74) is 0.339. The second-order valence-corrected chi connectivity index (χ2v) is 9.98. The van der Waals surface area contributed by atoms with Crippen LogP contribution in [0.5, 0.6) is 0 Å². The fraction of sp³-hybridized carbons (Fsp3) is 0.393. The number of para-hydroxylation sites is 1. The summed E-state index contributed by atoms with van der Waals surface area (Å²) in [5, 5.41) is 0.583. The third-order valence-electron chi connectivity index (χ3n) is 7.35. The van der Waals surface area contributed by atoms with Crippen LogP contribution in [0.4, 0.5) is 17.6 Å². The van der Waals surface area contributed by atoms with Gasteiger partial charge in [0.05, 0.1) is 5.52 Å². The van der Waals surface area contributed by atoms with Crippen LogP contribution < -0.4 is 5.69 Å². The molecule has 1 fully saturated rings. The number of rotatable bonds is 6. The minimum atomic E-state index is -4.58. The predicted molar refractivity (Wildman–Crippen MR) is 136 cm³/mol. The lowest BCUT2D eigenvalue weighted by Gasteiger charge is -2.32. The molecule has 2 aromatic heterocycles. The molecule has 2 aromatic carbocycles. The summed E-state index contributed by atoms with van der Waals surface area (Å²) in [4.78, 5) is 14.7. The van der Waals surface area contributed by atoms with E-state index in [4.69, 9.17) is 0 Å². The van der Waals surface area contributed by atoms with Crippen LogP contribution in [-0.2, 0) is 12.7 Å². The van der Waals surface area contributed by atoms with Crippen LogP contribution in [0.2, 0.25) is 0 Å². The van der Waals surface area contributed by atoms with Crippen molar-refractivity contribution in [3.05, 3.63) is 88.5 Å². The number of hydrogen-bond donors (Lipinski definition) is 0. The molecule has 4 aromatic rings. The summed E-state index contributed by atoms with van der Waals surface area (Å²) in [6, 6.07) is 12.2. The highest BCUT2D eigenvalue weighted by Gasteiger charge is 2.42. The van der Waals surface area contributed by atoms with E-state index in [1.54, 1.807) is 45.8 Å². The fourth-order valence-corrected chi connectivity index (χ4v) is 5.50. The van der Waals surface area contributed by atoms with Crippen LogP contribution >= 0.6 is 0 Å². The molecule has 5 rings (SSSR count). The second-order valence-electron chi connectivity index (χ2n) is 9.98. The van der Waals surface area contributed by atoms with E-state index >= 15 is 0 Å². The van der Waals surface area contributed by atoms with Crippen molar-refractivity contribution in [1.29, 1.82) is 0 Å². The van der Waals surface area contributed by atoms with Gasteiger partial charge in [0.15, 0.2) is 0 Å². The highest BCUT2D eigenvalue weighted by Crippen LogP contribution is 2.45. The molecule has 1 saturated heterocycles. The molecule has 0 amide bonds. The molecule has 0 saturated carbocycles. The van der Waals surface area contributed by atoms with Gasteiger partial charge >= 0.3 is 11.9 Å². The van der Waals surface area contributed by atoms with Crippen LogP contribution in [0, 0.1) is 5.82 Å². The quantitative estimate of drug-likeness (QED) is 0.287. The molecule has 0 atom stereocenters. The Kier molecular flexibility index (Phi) is 6.74. The minimum absolute atomic E-state index is 0.0479. The number of fused-ring (bicyclic) bond motifs is 1. The van der Waals surface area contributed by atoms with Crippen LogP contribution in [0.15, 0.2) is 65.7 Å². The molecule has 0 radical (unpaired) electrons. The van der Waals surface area contributed by atoms with E-state index in [2.05, 4.69) is 4.90 Å². The number of halogens is 4. The van der Waals surface area contributed by atoms with Gasteiger partial charge in [0.2, 0.25) is 0 Å². The van der Waals surface area contributed by atoms with Gasteiger partial charge in [-0.05, 0) is 81.6 Å². The van der Waals surface area contributed by atoms with Gasteiger partial charge in [-0.25, -0.2) is 9.18 Å². The molecule has 0 bridgehead atoms. The lowest BCUT2D eigenvalue weighted by atomic mass is 9.87. The predicted octanol–water partition coefficient (Wildman–Crippen LogP) is 6.21. The molecule has 0 unspecified atom stereocenters. The third kappa shape index (κ3) is 4.84. The second kappa shape index (κ2) is 9.85. The third-order valence-corrected chi connectivity index (χ3v) is 7.35. The van der Waals surface area contributed by atoms with Gasteiger partial charge in [0, 0.05) is 42.6 Å². The van der Waals surface area contributed by atoms with E-state index in [0.29, 0.717) is 55.5 Å². The van der Waals surface area contributed by atoms with Crippen molar-refractivity contribution in [1.82, 2.24) is 18.6 Å². The van der Waals surface area contributed by atoms with E-state index in [1.807, 2.05) is 13.8 Å². The molecule has 3 heterocycles. The van der Waals surface area contributed by atoms with Crippen LogP contribution in [0.3, 0.4) is 0 Å². The average Bonchev–Trinajstić information content (AvgIpc) is 3.42. The first-order chi connectivity index (χ1) is 17.6. The van der Waals surface area contributed by atoms with E-state index in [0.717, 1.165) is 0 Å². The number of alkyl halides is 3. The maximum atomic E-state index is 14.6. The van der Waals surface area contributed by atoms with E-state index in [1.165, 1.54) is 28.8 Å². The molecular weight excluding hydrogens is 484 g/mol. The van der Waals surface area contributed by atoms with Crippen molar-refractivity contribution in [2.75, 3.05) is 19.6 Å². The molecule has 196 valence electrons. The van der Waals surface area contributed by atoms with Crippen molar-refractivity contribution in [3.8, 4) is 5.69 Å². The molecular formula is C28H30F4N4O. The molecule has 0 aliphatic carbocycles. The van der Waals surface area contributed by atoms with E-state index in [-0.39, 0.29) is 23.3 Å². The van der Waals surface area contributed by atoms with Gasteiger partial charge in [0.25, 0.3) is 0 Å². The van der Waals surface area contributed by atoms with Gasteiger partial charge in [-0.2, -0.15) is 13.2 Å². The summed E-state index contributed by atoms with van der Waals surface area (Å²) < 4.78 is 62.0. The summed E-state index contributed by atoms with van der Waals surface area (Å²) >= 11 is 0. The number of likely N-dealkylation sites (tertiary alicyclic amines) is 1. The first-order valence-corrected chi connectivity index (χ1v) is 12.6. The van der Waals surface area contributed by atoms with Crippen molar-refractivity contribution < 1.29 is 17.6 Å². The first-order valence-electron chi connectivity index (χ1n) is 12.6. The van der Waals surface area contributed by atoms with Crippen LogP contribution in [0.1, 0.15) is 49.9 Å². The van der Waals surface area contributed by atoms with Gasteiger partial charge < -0.3 is 9.47 Å². The number of imidazole rings is 1. The monoisotopic (exact) mass is 514 g/mol. The van der Waals surface area contributed by atoms with Crippen molar-refractivity contribution in [3.63, 3.8) is 0 Å². The highest BCUT2D eigenvalue weighted by atomic mass is 19.4. The maximum absolute atomic E-state index is 14.6. The highest BCUT2D eigenvalue weighted by molar-refractivity contribution is 5.88. The lowest BCUT2D eigenvalue weighted by molar-refractivity contribution is -0.143. The molecule has 0 spiro atoms. The van der Waals surface area contributed by atoms with Gasteiger partial charge in [-0.1, -0.05) is 18.2 Å². The molecule has 1 aliphatic heterocycles. The average molecular weight is 515 g/mol. The Labute approximate surface area is 212 Å². The molecule has 5 nitrogen and oxygen atoms in total. The summed E-state index contributed by atoms with van der Waals surface area (Å²) in [7, 11) is 0. The Balaban J connectivity index is 1.42. The topological polar surface area (TPSA) is 35.1 Å². The molecule has 9 heteroatoms. The van der Waals surface area contributed by atoms with Crippen molar-refractivity contribution in [2.24, 2.45) is 0 Å². The van der Waals surface area contributed by atoms with Gasteiger partial charge in [-0.15, -0.1) is 0 Å². The van der Waals surface area contributed by atoms with Gasteiger partial charge in [-0.3, -0.25) is 9.13 Å². The number of nitrogens with zero attached hydrogens (tertiary/aromatic N) is 4. The molecule has 1 aliphatic rings. The van der Waals surface area contributed by atoms with Crippen molar-refractivity contribution in [2.45, 2.75) is 51.4 Å². The number of aromatic nitrogens is 3.